The quantitative estimate of drug-likeness (QED) is 0.895. The van der Waals surface area contributed by atoms with Crippen LogP contribution in [0.25, 0.3) is 0 Å². The van der Waals surface area contributed by atoms with Crippen LogP contribution < -0.4 is 5.32 Å². The van der Waals surface area contributed by atoms with Gasteiger partial charge in [-0.3, -0.25) is 9.59 Å². The number of carbonyl (C=O) groups is 2. The monoisotopic (exact) mass is 293 g/mol. The molecule has 20 heavy (non-hydrogen) atoms. The predicted octanol–water partition coefficient (Wildman–Crippen LogP) is 2.35. The van der Waals surface area contributed by atoms with E-state index >= 15 is 0 Å². The fraction of sp³-hybridized carbons (Fsp3) is 0.600. The Morgan fingerprint density at radius 3 is 2.80 bits per heavy atom. The van der Waals surface area contributed by atoms with Crippen molar-refractivity contribution in [3.05, 3.63) is 21.4 Å². The zero-order valence-electron chi connectivity index (χ0n) is 11.4. The number of amides is 1. The van der Waals surface area contributed by atoms with Crippen LogP contribution in [-0.4, -0.2) is 17.0 Å². The summed E-state index contributed by atoms with van der Waals surface area (Å²) in [7, 11) is 0. The highest BCUT2D eigenvalue weighted by atomic mass is 32.1. The summed E-state index contributed by atoms with van der Waals surface area (Å²) in [6.07, 6.45) is 5.42. The Labute approximate surface area is 122 Å². The van der Waals surface area contributed by atoms with Gasteiger partial charge in [0.05, 0.1) is 12.5 Å². The lowest BCUT2D eigenvalue weighted by Crippen LogP contribution is -2.29. The second-order valence-electron chi connectivity index (χ2n) is 5.78. The summed E-state index contributed by atoms with van der Waals surface area (Å²) in [5.74, 6) is -1.21. The molecule has 0 saturated heterocycles. The summed E-state index contributed by atoms with van der Waals surface area (Å²) < 4.78 is 0. The molecule has 4 nitrogen and oxygen atoms in total. The van der Waals surface area contributed by atoms with E-state index in [0.717, 1.165) is 0 Å². The van der Waals surface area contributed by atoms with E-state index in [-0.39, 0.29) is 17.7 Å². The minimum Gasteiger partial charge on any atom is -0.481 e. The third-order valence-electron chi connectivity index (χ3n) is 4.39. The van der Waals surface area contributed by atoms with Crippen molar-refractivity contribution in [1.82, 2.24) is 5.32 Å². The first kappa shape index (κ1) is 13.6. The van der Waals surface area contributed by atoms with Gasteiger partial charge < -0.3 is 10.4 Å². The van der Waals surface area contributed by atoms with Crippen LogP contribution in [0.4, 0.5) is 0 Å². The van der Waals surface area contributed by atoms with Gasteiger partial charge in [0.1, 0.15) is 0 Å². The lowest BCUT2D eigenvalue weighted by atomic mass is 10.0. The number of hydrogen-bond donors (Lipinski definition) is 2. The Morgan fingerprint density at radius 1 is 1.30 bits per heavy atom. The smallest absolute Gasteiger partial charge is 0.306 e. The average molecular weight is 293 g/mol. The van der Waals surface area contributed by atoms with Crippen molar-refractivity contribution in [2.75, 3.05) is 0 Å². The van der Waals surface area contributed by atoms with Gasteiger partial charge in [-0.2, -0.15) is 0 Å². The Balaban J connectivity index is 1.51. The Kier molecular flexibility index (Phi) is 3.78. The van der Waals surface area contributed by atoms with Gasteiger partial charge in [0.25, 0.3) is 0 Å². The SMILES string of the molecule is O=C(O)C1CCC(C(=O)NCc2cc3c(s2)CCC3)C1. The van der Waals surface area contributed by atoms with Gasteiger partial charge in [-0.25, -0.2) is 0 Å². The molecule has 0 aliphatic heterocycles. The summed E-state index contributed by atoms with van der Waals surface area (Å²) in [6.45, 7) is 0.588. The molecule has 2 atom stereocenters. The first-order chi connectivity index (χ1) is 9.63. The number of carboxylic acid groups (broad SMARTS) is 1. The Morgan fingerprint density at radius 2 is 2.10 bits per heavy atom. The van der Waals surface area contributed by atoms with Crippen LogP contribution in [0.5, 0.6) is 0 Å². The fourth-order valence-corrected chi connectivity index (χ4v) is 4.44. The lowest BCUT2D eigenvalue weighted by molar-refractivity contribution is -0.141. The van der Waals surface area contributed by atoms with Crippen LogP contribution in [0.15, 0.2) is 6.07 Å². The van der Waals surface area contributed by atoms with Gasteiger partial charge in [0, 0.05) is 15.7 Å². The van der Waals surface area contributed by atoms with Crippen LogP contribution in [0.3, 0.4) is 0 Å². The molecule has 2 aliphatic carbocycles. The molecule has 0 aromatic carbocycles. The molecular formula is C15H19NO3S. The van der Waals surface area contributed by atoms with E-state index < -0.39 is 5.97 Å². The van der Waals surface area contributed by atoms with Crippen LogP contribution in [0.1, 0.15) is 41.0 Å². The number of aliphatic carboxylic acids is 1. The van der Waals surface area contributed by atoms with Crippen molar-refractivity contribution in [1.29, 1.82) is 0 Å². The standard InChI is InChI=1S/C15H19NO3S/c17-14(10-4-5-11(6-10)15(18)19)16-8-12-7-9-2-1-3-13(9)20-12/h7,10-11H,1-6,8H2,(H,16,17)(H,18,19). The van der Waals surface area contributed by atoms with Gasteiger partial charge in [-0.15, -0.1) is 11.3 Å². The van der Waals surface area contributed by atoms with E-state index in [9.17, 15) is 9.59 Å². The molecule has 1 aromatic rings. The van der Waals surface area contributed by atoms with Crippen molar-refractivity contribution >= 4 is 23.2 Å². The Bertz CT molecular complexity index is 516. The number of carboxylic acids is 1. The maximum atomic E-state index is 12.1. The number of hydrogen-bond acceptors (Lipinski definition) is 3. The Hall–Kier alpha value is -1.36. The van der Waals surface area contributed by atoms with Gasteiger partial charge in [0.2, 0.25) is 5.91 Å². The molecule has 108 valence electrons. The molecule has 0 radical (unpaired) electrons. The maximum Gasteiger partial charge on any atom is 0.306 e. The summed E-state index contributed by atoms with van der Waals surface area (Å²) >= 11 is 1.80. The average Bonchev–Trinajstić information content (AvgIpc) is 3.10. The zero-order valence-corrected chi connectivity index (χ0v) is 12.2. The van der Waals surface area contributed by atoms with E-state index in [0.29, 0.717) is 25.8 Å². The second-order valence-corrected chi connectivity index (χ2v) is 7.00. The number of rotatable bonds is 4. The third-order valence-corrected chi connectivity index (χ3v) is 5.62. The summed E-state index contributed by atoms with van der Waals surface area (Å²) in [5.41, 5.74) is 1.45. The fourth-order valence-electron chi connectivity index (χ4n) is 3.24. The van der Waals surface area contributed by atoms with Crippen molar-refractivity contribution in [2.24, 2.45) is 11.8 Å². The summed E-state index contributed by atoms with van der Waals surface area (Å²) in [5, 5.41) is 11.9. The molecule has 1 saturated carbocycles. The molecule has 1 aromatic heterocycles. The first-order valence-electron chi connectivity index (χ1n) is 7.24. The molecule has 2 aliphatic rings. The number of aryl methyl sites for hydroxylation is 2. The van der Waals surface area contributed by atoms with Crippen LogP contribution >= 0.6 is 11.3 Å². The molecule has 5 heteroatoms. The summed E-state index contributed by atoms with van der Waals surface area (Å²) in [4.78, 5) is 25.7. The molecule has 2 unspecified atom stereocenters. The van der Waals surface area contributed by atoms with Gasteiger partial charge in [-0.1, -0.05) is 0 Å². The lowest BCUT2D eigenvalue weighted by Gasteiger charge is -2.10. The normalized spacial score (nSPS) is 24.6. The van der Waals surface area contributed by atoms with Crippen LogP contribution in [-0.2, 0) is 29.0 Å². The minimum absolute atomic E-state index is 0.0160. The van der Waals surface area contributed by atoms with Gasteiger partial charge in [-0.05, 0) is 50.2 Å². The third kappa shape index (κ3) is 2.73. The topological polar surface area (TPSA) is 66.4 Å². The van der Waals surface area contributed by atoms with E-state index in [4.69, 9.17) is 5.11 Å². The van der Waals surface area contributed by atoms with E-state index in [2.05, 4.69) is 11.4 Å². The molecular weight excluding hydrogens is 274 g/mol. The molecule has 1 fully saturated rings. The van der Waals surface area contributed by atoms with Gasteiger partial charge in [0.15, 0.2) is 0 Å². The van der Waals surface area contributed by atoms with Crippen molar-refractivity contribution in [3.63, 3.8) is 0 Å². The number of carbonyl (C=O) groups excluding carboxylic acids is 1. The van der Waals surface area contributed by atoms with Crippen molar-refractivity contribution in [3.8, 4) is 0 Å². The van der Waals surface area contributed by atoms with E-state index in [1.54, 1.807) is 11.3 Å². The zero-order chi connectivity index (χ0) is 14.1. The highest BCUT2D eigenvalue weighted by Gasteiger charge is 2.33. The highest BCUT2D eigenvalue weighted by molar-refractivity contribution is 7.12. The highest BCUT2D eigenvalue weighted by Crippen LogP contribution is 2.32. The largest absolute Gasteiger partial charge is 0.481 e. The van der Waals surface area contributed by atoms with Crippen LogP contribution in [0, 0.1) is 11.8 Å². The summed E-state index contributed by atoms with van der Waals surface area (Å²) in [6, 6.07) is 2.21. The number of fused-ring (bicyclic) bond motifs is 1. The molecule has 0 bridgehead atoms. The molecule has 0 spiro atoms. The molecule has 1 heterocycles. The second kappa shape index (κ2) is 5.56. The van der Waals surface area contributed by atoms with E-state index in [1.165, 1.54) is 34.6 Å². The minimum atomic E-state index is -0.769. The van der Waals surface area contributed by atoms with Crippen LogP contribution in [0.2, 0.25) is 0 Å². The van der Waals surface area contributed by atoms with Gasteiger partial charge >= 0.3 is 5.97 Å². The number of nitrogens with one attached hydrogen (secondary N) is 1. The van der Waals surface area contributed by atoms with Crippen molar-refractivity contribution in [2.45, 2.75) is 45.1 Å². The predicted molar refractivity (Wildman–Crippen MR) is 76.7 cm³/mol. The van der Waals surface area contributed by atoms with Crippen molar-refractivity contribution < 1.29 is 14.7 Å². The number of thiophene rings is 1. The molecule has 3 rings (SSSR count). The molecule has 1 amide bonds. The maximum absolute atomic E-state index is 12.1. The first-order valence-corrected chi connectivity index (χ1v) is 8.06. The van der Waals surface area contributed by atoms with E-state index in [1.807, 2.05) is 0 Å². The molecule has 2 N–H and O–H groups in total.